The predicted molar refractivity (Wildman–Crippen MR) is 99.9 cm³/mol. The predicted octanol–water partition coefficient (Wildman–Crippen LogP) is 4.74. The number of carbonyl (C=O) groups excluding carboxylic acids is 1. The lowest BCUT2D eigenvalue weighted by atomic mass is 10.2. The van der Waals surface area contributed by atoms with E-state index in [2.05, 4.69) is 15.6 Å². The third kappa shape index (κ3) is 4.28. The van der Waals surface area contributed by atoms with Gasteiger partial charge in [0.1, 0.15) is 11.4 Å². The molecule has 0 aliphatic heterocycles. The number of para-hydroxylation sites is 2. The van der Waals surface area contributed by atoms with Crippen LogP contribution >= 0.6 is 11.6 Å². The Balaban J connectivity index is 1.76. The van der Waals surface area contributed by atoms with Crippen molar-refractivity contribution in [3.8, 4) is 5.75 Å². The number of nitrogens with one attached hydrogen (secondary N) is 2. The van der Waals surface area contributed by atoms with Gasteiger partial charge in [0.15, 0.2) is 0 Å². The van der Waals surface area contributed by atoms with Gasteiger partial charge in [-0.1, -0.05) is 23.7 Å². The number of nitrogens with zero attached hydrogens (tertiary/aromatic N) is 1. The van der Waals surface area contributed by atoms with E-state index in [1.54, 1.807) is 49.7 Å². The average molecular weight is 354 g/mol. The Morgan fingerprint density at radius 1 is 1.04 bits per heavy atom. The summed E-state index contributed by atoms with van der Waals surface area (Å²) in [6, 6.07) is 18.0. The maximum absolute atomic E-state index is 12.5. The lowest BCUT2D eigenvalue weighted by Gasteiger charge is -2.11. The zero-order chi connectivity index (χ0) is 17.6. The smallest absolute Gasteiger partial charge is 0.274 e. The minimum atomic E-state index is -0.316. The first-order chi connectivity index (χ1) is 12.2. The Bertz CT molecular complexity index is 882. The van der Waals surface area contributed by atoms with Crippen LogP contribution in [0.5, 0.6) is 5.75 Å². The van der Waals surface area contributed by atoms with Crippen molar-refractivity contribution in [1.29, 1.82) is 0 Å². The van der Waals surface area contributed by atoms with E-state index >= 15 is 0 Å². The number of hydrogen-bond donors (Lipinski definition) is 2. The molecule has 0 saturated heterocycles. The second-order valence-corrected chi connectivity index (χ2v) is 5.65. The van der Waals surface area contributed by atoms with Gasteiger partial charge in [-0.2, -0.15) is 0 Å². The molecule has 25 heavy (non-hydrogen) atoms. The van der Waals surface area contributed by atoms with Crippen LogP contribution in [0.3, 0.4) is 0 Å². The SMILES string of the molecule is COc1ccccc1NC(=O)c1cc(Nc2ccc(Cl)cc2)ccn1. The molecule has 0 atom stereocenters. The van der Waals surface area contributed by atoms with Gasteiger partial charge in [0.25, 0.3) is 5.91 Å². The molecule has 126 valence electrons. The molecule has 0 unspecified atom stereocenters. The fourth-order valence-electron chi connectivity index (χ4n) is 2.27. The van der Waals surface area contributed by atoms with Crippen molar-refractivity contribution in [3.63, 3.8) is 0 Å². The molecule has 0 saturated carbocycles. The van der Waals surface area contributed by atoms with Gasteiger partial charge in [-0.3, -0.25) is 9.78 Å². The molecule has 2 aromatic carbocycles. The fourth-order valence-corrected chi connectivity index (χ4v) is 2.39. The van der Waals surface area contributed by atoms with Crippen molar-refractivity contribution in [3.05, 3.63) is 77.6 Å². The number of halogens is 1. The average Bonchev–Trinajstić information content (AvgIpc) is 2.64. The van der Waals surface area contributed by atoms with Crippen molar-refractivity contribution < 1.29 is 9.53 Å². The van der Waals surface area contributed by atoms with Crippen LogP contribution in [0.2, 0.25) is 5.02 Å². The normalized spacial score (nSPS) is 10.2. The highest BCUT2D eigenvalue weighted by molar-refractivity contribution is 6.30. The van der Waals surface area contributed by atoms with Gasteiger partial charge in [-0.15, -0.1) is 0 Å². The number of amides is 1. The molecule has 5 nitrogen and oxygen atoms in total. The number of ether oxygens (including phenoxy) is 1. The highest BCUT2D eigenvalue weighted by Crippen LogP contribution is 2.24. The third-order valence-electron chi connectivity index (χ3n) is 3.48. The van der Waals surface area contributed by atoms with Crippen molar-refractivity contribution in [2.24, 2.45) is 0 Å². The first-order valence-corrected chi connectivity index (χ1v) is 7.96. The van der Waals surface area contributed by atoms with Crippen LogP contribution < -0.4 is 15.4 Å². The number of methoxy groups -OCH3 is 1. The summed E-state index contributed by atoms with van der Waals surface area (Å²) in [6.45, 7) is 0. The van der Waals surface area contributed by atoms with Gasteiger partial charge < -0.3 is 15.4 Å². The Morgan fingerprint density at radius 2 is 1.80 bits per heavy atom. The zero-order valence-corrected chi connectivity index (χ0v) is 14.2. The van der Waals surface area contributed by atoms with Gasteiger partial charge in [0.05, 0.1) is 12.8 Å². The van der Waals surface area contributed by atoms with Gasteiger partial charge in [-0.25, -0.2) is 0 Å². The Morgan fingerprint density at radius 3 is 2.56 bits per heavy atom. The molecular weight excluding hydrogens is 338 g/mol. The van der Waals surface area contributed by atoms with Gasteiger partial charge in [0, 0.05) is 22.6 Å². The minimum absolute atomic E-state index is 0.296. The van der Waals surface area contributed by atoms with Crippen molar-refractivity contribution >= 4 is 34.6 Å². The largest absolute Gasteiger partial charge is 0.495 e. The van der Waals surface area contributed by atoms with E-state index in [0.29, 0.717) is 22.2 Å². The highest BCUT2D eigenvalue weighted by Gasteiger charge is 2.11. The summed E-state index contributed by atoms with van der Waals surface area (Å²) in [5.74, 6) is 0.274. The lowest BCUT2D eigenvalue weighted by molar-refractivity contribution is 0.102. The molecule has 0 aliphatic carbocycles. The standard InChI is InChI=1S/C19H16ClN3O2/c1-25-18-5-3-2-4-16(18)23-19(24)17-12-15(10-11-21-17)22-14-8-6-13(20)7-9-14/h2-12H,1H3,(H,21,22)(H,23,24). The van der Waals surface area contributed by atoms with Crippen LogP contribution in [0.4, 0.5) is 17.1 Å². The zero-order valence-electron chi connectivity index (χ0n) is 13.5. The Hall–Kier alpha value is -3.05. The number of rotatable bonds is 5. The molecule has 0 spiro atoms. The number of hydrogen-bond acceptors (Lipinski definition) is 4. The van der Waals surface area contributed by atoms with Crippen molar-refractivity contribution in [2.45, 2.75) is 0 Å². The molecular formula is C19H16ClN3O2. The molecule has 1 heterocycles. The number of benzene rings is 2. The van der Waals surface area contributed by atoms with Crippen LogP contribution in [0.1, 0.15) is 10.5 Å². The highest BCUT2D eigenvalue weighted by atomic mass is 35.5. The maximum Gasteiger partial charge on any atom is 0.274 e. The van der Waals surface area contributed by atoms with E-state index in [4.69, 9.17) is 16.3 Å². The molecule has 0 fully saturated rings. The van der Waals surface area contributed by atoms with Gasteiger partial charge in [-0.05, 0) is 48.5 Å². The summed E-state index contributed by atoms with van der Waals surface area (Å²) in [6.07, 6.45) is 1.58. The summed E-state index contributed by atoms with van der Waals surface area (Å²) in [5, 5.41) is 6.68. The second-order valence-electron chi connectivity index (χ2n) is 5.22. The topological polar surface area (TPSA) is 63.2 Å². The number of carbonyl (C=O) groups is 1. The molecule has 2 N–H and O–H groups in total. The summed E-state index contributed by atoms with van der Waals surface area (Å²) in [5.41, 5.74) is 2.51. The van der Waals surface area contributed by atoms with Gasteiger partial charge >= 0.3 is 0 Å². The molecule has 1 amide bonds. The quantitative estimate of drug-likeness (QED) is 0.695. The van der Waals surface area contributed by atoms with Gasteiger partial charge in [0.2, 0.25) is 0 Å². The molecule has 0 bridgehead atoms. The van der Waals surface area contributed by atoms with Crippen LogP contribution in [-0.2, 0) is 0 Å². The van der Waals surface area contributed by atoms with E-state index in [1.807, 2.05) is 24.3 Å². The summed E-state index contributed by atoms with van der Waals surface area (Å²) < 4.78 is 5.24. The summed E-state index contributed by atoms with van der Waals surface area (Å²) in [7, 11) is 1.56. The van der Waals surface area contributed by atoms with E-state index in [0.717, 1.165) is 11.4 Å². The molecule has 6 heteroatoms. The van der Waals surface area contributed by atoms with Crippen LogP contribution in [0.15, 0.2) is 66.9 Å². The second kappa shape index (κ2) is 7.68. The van der Waals surface area contributed by atoms with Crippen LogP contribution in [0, 0.1) is 0 Å². The monoisotopic (exact) mass is 353 g/mol. The first kappa shape index (κ1) is 16.8. The lowest BCUT2D eigenvalue weighted by Crippen LogP contribution is -2.14. The number of anilines is 3. The number of pyridine rings is 1. The van der Waals surface area contributed by atoms with Crippen LogP contribution in [-0.4, -0.2) is 18.0 Å². The Labute approximate surface area is 150 Å². The molecule has 3 aromatic rings. The maximum atomic E-state index is 12.5. The molecule has 1 aromatic heterocycles. The third-order valence-corrected chi connectivity index (χ3v) is 3.73. The Kier molecular flexibility index (Phi) is 5.16. The van der Waals surface area contributed by atoms with E-state index in [1.165, 1.54) is 0 Å². The fraction of sp³-hybridized carbons (Fsp3) is 0.0526. The summed E-state index contributed by atoms with van der Waals surface area (Å²) >= 11 is 5.88. The van der Waals surface area contributed by atoms with E-state index < -0.39 is 0 Å². The van der Waals surface area contributed by atoms with E-state index in [9.17, 15) is 4.79 Å². The first-order valence-electron chi connectivity index (χ1n) is 7.59. The molecule has 0 aliphatic rings. The summed E-state index contributed by atoms with van der Waals surface area (Å²) in [4.78, 5) is 16.6. The van der Waals surface area contributed by atoms with Crippen LogP contribution in [0.25, 0.3) is 0 Å². The molecule has 3 rings (SSSR count). The number of aromatic nitrogens is 1. The van der Waals surface area contributed by atoms with Crippen molar-refractivity contribution in [2.75, 3.05) is 17.7 Å². The van der Waals surface area contributed by atoms with Crippen molar-refractivity contribution in [1.82, 2.24) is 4.98 Å². The minimum Gasteiger partial charge on any atom is -0.495 e. The molecule has 0 radical (unpaired) electrons. The van der Waals surface area contributed by atoms with E-state index in [-0.39, 0.29) is 5.91 Å².